The van der Waals surface area contributed by atoms with E-state index >= 15 is 0 Å². The fraction of sp³-hybridized carbons (Fsp3) is 0.533. The van der Waals surface area contributed by atoms with Gasteiger partial charge in [-0.2, -0.15) is 0 Å². The van der Waals surface area contributed by atoms with Gasteiger partial charge >= 0.3 is 5.97 Å². The summed E-state index contributed by atoms with van der Waals surface area (Å²) in [7, 11) is 0. The predicted octanol–water partition coefficient (Wildman–Crippen LogP) is 2.47. The number of hydrogen-bond acceptors (Lipinski definition) is 2. The fourth-order valence-electron chi connectivity index (χ4n) is 3.59. The Labute approximate surface area is 107 Å². The highest BCUT2D eigenvalue weighted by atomic mass is 16.4. The number of aryl methyl sites for hydroxylation is 1. The molecule has 3 rings (SSSR count). The first kappa shape index (κ1) is 11.7. The molecule has 0 bridgehead atoms. The first-order valence-electron chi connectivity index (χ1n) is 6.75. The maximum Gasteiger partial charge on any atom is 0.321 e. The highest BCUT2D eigenvalue weighted by molar-refractivity contribution is 5.74. The number of likely N-dealkylation sites (tertiary alicyclic amines) is 1. The van der Waals surface area contributed by atoms with E-state index in [4.69, 9.17) is 0 Å². The van der Waals surface area contributed by atoms with Crippen molar-refractivity contribution in [3.8, 4) is 0 Å². The molecule has 1 fully saturated rings. The van der Waals surface area contributed by atoms with Gasteiger partial charge in [0.05, 0.1) is 0 Å². The molecule has 18 heavy (non-hydrogen) atoms. The molecule has 0 radical (unpaired) electrons. The fourth-order valence-corrected chi connectivity index (χ4v) is 3.59. The van der Waals surface area contributed by atoms with E-state index in [0.29, 0.717) is 6.04 Å². The summed E-state index contributed by atoms with van der Waals surface area (Å²) in [6, 6.07) is 8.47. The molecule has 3 unspecified atom stereocenters. The number of carboxylic acid groups (broad SMARTS) is 1. The lowest BCUT2D eigenvalue weighted by atomic mass is 10.0. The molecule has 3 heteroatoms. The Balaban J connectivity index is 1.90. The van der Waals surface area contributed by atoms with Crippen LogP contribution in [0.1, 0.15) is 36.9 Å². The monoisotopic (exact) mass is 245 g/mol. The smallest absolute Gasteiger partial charge is 0.321 e. The van der Waals surface area contributed by atoms with Gasteiger partial charge in [0, 0.05) is 6.04 Å². The molecular formula is C15H19NO2. The molecule has 1 aliphatic heterocycles. The largest absolute Gasteiger partial charge is 0.480 e. The summed E-state index contributed by atoms with van der Waals surface area (Å²) < 4.78 is 0. The summed E-state index contributed by atoms with van der Waals surface area (Å²) in [6.45, 7) is 2.97. The molecule has 0 spiro atoms. The zero-order valence-electron chi connectivity index (χ0n) is 10.7. The molecule has 1 saturated heterocycles. The molecule has 1 aromatic carbocycles. The van der Waals surface area contributed by atoms with Crippen molar-refractivity contribution in [2.24, 2.45) is 5.92 Å². The van der Waals surface area contributed by atoms with E-state index in [9.17, 15) is 9.90 Å². The van der Waals surface area contributed by atoms with Gasteiger partial charge in [-0.3, -0.25) is 9.69 Å². The lowest BCUT2D eigenvalue weighted by Gasteiger charge is -2.30. The van der Waals surface area contributed by atoms with Crippen molar-refractivity contribution in [2.75, 3.05) is 6.54 Å². The lowest BCUT2D eigenvalue weighted by molar-refractivity contribution is -0.144. The Hall–Kier alpha value is -1.35. The summed E-state index contributed by atoms with van der Waals surface area (Å²) in [5.74, 6) is -0.403. The third-order valence-electron chi connectivity index (χ3n) is 4.49. The van der Waals surface area contributed by atoms with E-state index in [-0.39, 0.29) is 12.0 Å². The lowest BCUT2D eigenvalue weighted by Crippen LogP contribution is -2.40. The van der Waals surface area contributed by atoms with Crippen LogP contribution in [0.4, 0.5) is 0 Å². The first-order valence-corrected chi connectivity index (χ1v) is 6.75. The van der Waals surface area contributed by atoms with Crippen LogP contribution in [0.2, 0.25) is 0 Å². The normalized spacial score (nSPS) is 31.5. The summed E-state index contributed by atoms with van der Waals surface area (Å²) in [5, 5.41) is 9.42. The number of benzene rings is 1. The molecule has 1 heterocycles. The van der Waals surface area contributed by atoms with Gasteiger partial charge in [-0.1, -0.05) is 31.2 Å². The Morgan fingerprint density at radius 1 is 1.33 bits per heavy atom. The van der Waals surface area contributed by atoms with E-state index in [2.05, 4.69) is 36.1 Å². The summed E-state index contributed by atoms with van der Waals surface area (Å²) >= 11 is 0. The molecular weight excluding hydrogens is 226 g/mol. The molecule has 0 amide bonds. The van der Waals surface area contributed by atoms with Crippen LogP contribution in [0.5, 0.6) is 0 Å². The van der Waals surface area contributed by atoms with Crippen molar-refractivity contribution in [3.63, 3.8) is 0 Å². The van der Waals surface area contributed by atoms with Gasteiger partial charge in [0.2, 0.25) is 0 Å². The van der Waals surface area contributed by atoms with Crippen LogP contribution in [0.3, 0.4) is 0 Å². The van der Waals surface area contributed by atoms with Gasteiger partial charge in [-0.25, -0.2) is 0 Å². The molecule has 0 aromatic heterocycles. The van der Waals surface area contributed by atoms with Crippen LogP contribution in [-0.2, 0) is 11.2 Å². The molecule has 1 aromatic rings. The second-order valence-electron chi connectivity index (χ2n) is 5.54. The Morgan fingerprint density at radius 3 is 2.89 bits per heavy atom. The quantitative estimate of drug-likeness (QED) is 0.870. The Kier molecular flexibility index (Phi) is 2.86. The Morgan fingerprint density at radius 2 is 2.11 bits per heavy atom. The van der Waals surface area contributed by atoms with Gasteiger partial charge in [-0.05, 0) is 42.9 Å². The summed E-state index contributed by atoms with van der Waals surface area (Å²) in [6.07, 6.45) is 3.14. The third kappa shape index (κ3) is 1.74. The standard InChI is InChI=1S/C15H19NO2/c1-10-8-9-16(14(10)15(17)18)13-7-6-11-4-2-3-5-12(11)13/h2-5,10,13-14H,6-9H2,1H3,(H,17,18). The van der Waals surface area contributed by atoms with Crippen molar-refractivity contribution >= 4 is 5.97 Å². The zero-order chi connectivity index (χ0) is 12.7. The van der Waals surface area contributed by atoms with Crippen LogP contribution in [0.15, 0.2) is 24.3 Å². The topological polar surface area (TPSA) is 40.5 Å². The number of carboxylic acids is 1. The van der Waals surface area contributed by atoms with Crippen LogP contribution >= 0.6 is 0 Å². The number of fused-ring (bicyclic) bond motifs is 1. The molecule has 3 nitrogen and oxygen atoms in total. The van der Waals surface area contributed by atoms with Gasteiger partial charge in [0.1, 0.15) is 6.04 Å². The predicted molar refractivity (Wildman–Crippen MR) is 69.4 cm³/mol. The van der Waals surface area contributed by atoms with Gasteiger partial charge in [0.25, 0.3) is 0 Å². The van der Waals surface area contributed by atoms with Crippen molar-refractivity contribution < 1.29 is 9.90 Å². The number of hydrogen-bond donors (Lipinski definition) is 1. The molecule has 0 saturated carbocycles. The summed E-state index contributed by atoms with van der Waals surface area (Å²) in [4.78, 5) is 13.7. The van der Waals surface area contributed by atoms with E-state index in [0.717, 1.165) is 25.8 Å². The summed E-state index contributed by atoms with van der Waals surface area (Å²) in [5.41, 5.74) is 2.74. The van der Waals surface area contributed by atoms with Crippen molar-refractivity contribution in [3.05, 3.63) is 35.4 Å². The van der Waals surface area contributed by atoms with Crippen LogP contribution in [0.25, 0.3) is 0 Å². The average molecular weight is 245 g/mol. The Bertz CT molecular complexity index is 471. The van der Waals surface area contributed by atoms with Gasteiger partial charge < -0.3 is 5.11 Å². The van der Waals surface area contributed by atoms with E-state index in [1.165, 1.54) is 11.1 Å². The van der Waals surface area contributed by atoms with E-state index < -0.39 is 5.97 Å². The number of rotatable bonds is 2. The maximum atomic E-state index is 11.4. The molecule has 1 aliphatic carbocycles. The van der Waals surface area contributed by atoms with Crippen LogP contribution in [0, 0.1) is 5.92 Å². The third-order valence-corrected chi connectivity index (χ3v) is 4.49. The second-order valence-corrected chi connectivity index (χ2v) is 5.54. The van der Waals surface area contributed by atoms with E-state index in [1.807, 2.05) is 0 Å². The number of nitrogens with zero attached hydrogens (tertiary/aromatic N) is 1. The second kappa shape index (κ2) is 4.39. The van der Waals surface area contributed by atoms with Crippen molar-refractivity contribution in [2.45, 2.75) is 38.3 Å². The average Bonchev–Trinajstić information content (AvgIpc) is 2.92. The molecule has 2 aliphatic rings. The van der Waals surface area contributed by atoms with Crippen LogP contribution < -0.4 is 0 Å². The highest BCUT2D eigenvalue weighted by Gasteiger charge is 2.42. The van der Waals surface area contributed by atoms with Gasteiger partial charge in [0.15, 0.2) is 0 Å². The highest BCUT2D eigenvalue weighted by Crippen LogP contribution is 2.40. The van der Waals surface area contributed by atoms with Crippen molar-refractivity contribution in [1.29, 1.82) is 0 Å². The molecule has 96 valence electrons. The zero-order valence-corrected chi connectivity index (χ0v) is 10.7. The minimum atomic E-state index is -0.663. The minimum Gasteiger partial charge on any atom is -0.480 e. The van der Waals surface area contributed by atoms with Crippen LogP contribution in [-0.4, -0.2) is 28.6 Å². The van der Waals surface area contributed by atoms with Crippen molar-refractivity contribution in [1.82, 2.24) is 4.90 Å². The molecule has 3 atom stereocenters. The van der Waals surface area contributed by atoms with Gasteiger partial charge in [-0.15, -0.1) is 0 Å². The maximum absolute atomic E-state index is 11.4. The SMILES string of the molecule is CC1CCN(C2CCc3ccccc32)C1C(=O)O. The minimum absolute atomic E-state index is 0.260. The molecule has 1 N–H and O–H groups in total. The van der Waals surface area contributed by atoms with E-state index in [1.54, 1.807) is 0 Å². The number of carbonyl (C=O) groups is 1. The first-order chi connectivity index (χ1) is 8.68. The number of aliphatic carboxylic acids is 1.